The molecule has 0 unspecified atom stereocenters. The van der Waals surface area contributed by atoms with E-state index in [-0.39, 0.29) is 24.9 Å². The summed E-state index contributed by atoms with van der Waals surface area (Å²) in [6.45, 7) is 2.42. The third-order valence-electron chi connectivity index (χ3n) is 2.50. The lowest BCUT2D eigenvalue weighted by Gasteiger charge is -2.21. The fourth-order valence-electron chi connectivity index (χ4n) is 1.56. The molecule has 6 nitrogen and oxygen atoms in total. The van der Waals surface area contributed by atoms with Crippen molar-refractivity contribution in [1.29, 1.82) is 0 Å². The molecule has 0 aliphatic rings. The highest BCUT2D eigenvalue weighted by molar-refractivity contribution is 6.30. The van der Waals surface area contributed by atoms with Gasteiger partial charge in [-0.25, -0.2) is 0 Å². The molecule has 7 heteroatoms. The third kappa shape index (κ3) is 5.36. The van der Waals surface area contributed by atoms with E-state index in [0.717, 1.165) is 6.42 Å². The number of halogens is 1. The molecule has 0 saturated carbocycles. The van der Waals surface area contributed by atoms with E-state index in [9.17, 15) is 4.79 Å². The summed E-state index contributed by atoms with van der Waals surface area (Å²) in [6.07, 6.45) is 0.769. The zero-order valence-corrected chi connectivity index (χ0v) is 12.0. The normalized spacial score (nSPS) is 11.2. The Morgan fingerprint density at radius 1 is 1.45 bits per heavy atom. The number of amidine groups is 1. The number of ether oxygens (including phenoxy) is 1. The molecule has 0 fully saturated rings. The van der Waals surface area contributed by atoms with Crippen molar-refractivity contribution < 1.29 is 14.7 Å². The van der Waals surface area contributed by atoms with Crippen LogP contribution in [0.3, 0.4) is 0 Å². The van der Waals surface area contributed by atoms with Crippen LogP contribution in [-0.2, 0) is 4.79 Å². The van der Waals surface area contributed by atoms with Crippen LogP contribution >= 0.6 is 11.6 Å². The molecule has 20 heavy (non-hydrogen) atoms. The van der Waals surface area contributed by atoms with Crippen molar-refractivity contribution in [3.63, 3.8) is 0 Å². The van der Waals surface area contributed by atoms with Crippen LogP contribution in [-0.4, -0.2) is 41.5 Å². The summed E-state index contributed by atoms with van der Waals surface area (Å²) in [5.41, 5.74) is 5.42. The van der Waals surface area contributed by atoms with E-state index in [1.807, 2.05) is 6.92 Å². The molecule has 0 bridgehead atoms. The van der Waals surface area contributed by atoms with Gasteiger partial charge in [0.1, 0.15) is 5.75 Å². The number of nitrogens with two attached hydrogens (primary N) is 1. The molecule has 1 rings (SSSR count). The Kier molecular flexibility index (Phi) is 6.66. The smallest absolute Gasteiger partial charge is 0.260 e. The van der Waals surface area contributed by atoms with Gasteiger partial charge in [-0.1, -0.05) is 23.7 Å². The first kappa shape index (κ1) is 16.1. The average Bonchev–Trinajstić information content (AvgIpc) is 2.45. The highest BCUT2D eigenvalue weighted by Crippen LogP contribution is 2.15. The Morgan fingerprint density at radius 3 is 2.65 bits per heavy atom. The Bertz CT molecular complexity index is 462. The van der Waals surface area contributed by atoms with E-state index in [4.69, 9.17) is 27.3 Å². The van der Waals surface area contributed by atoms with E-state index in [1.54, 1.807) is 24.3 Å². The molecule has 1 amide bonds. The third-order valence-corrected chi connectivity index (χ3v) is 2.76. The van der Waals surface area contributed by atoms with Crippen LogP contribution < -0.4 is 10.5 Å². The monoisotopic (exact) mass is 299 g/mol. The number of rotatable bonds is 7. The van der Waals surface area contributed by atoms with Crippen LogP contribution in [0.1, 0.15) is 13.3 Å². The minimum Gasteiger partial charge on any atom is -0.484 e. The molecule has 110 valence electrons. The molecule has 3 N–H and O–H groups in total. The highest BCUT2D eigenvalue weighted by atomic mass is 35.5. The maximum absolute atomic E-state index is 12.0. The fraction of sp³-hybridized carbons (Fsp3) is 0.385. The summed E-state index contributed by atoms with van der Waals surface area (Å²) in [7, 11) is 0. The molecule has 0 aliphatic heterocycles. The van der Waals surface area contributed by atoms with Crippen molar-refractivity contribution in [3.05, 3.63) is 29.3 Å². The van der Waals surface area contributed by atoms with Crippen molar-refractivity contribution in [2.45, 2.75) is 13.3 Å². The van der Waals surface area contributed by atoms with Crippen LogP contribution in [0.2, 0.25) is 5.02 Å². The molecule has 0 aliphatic carbocycles. The zero-order valence-electron chi connectivity index (χ0n) is 11.3. The number of carbonyl (C=O) groups excluding carboxylic acids is 1. The first-order chi connectivity index (χ1) is 9.56. The van der Waals surface area contributed by atoms with Gasteiger partial charge in [0.2, 0.25) is 0 Å². The van der Waals surface area contributed by atoms with E-state index in [0.29, 0.717) is 17.3 Å². The van der Waals surface area contributed by atoms with Gasteiger partial charge < -0.3 is 20.6 Å². The second-order valence-electron chi connectivity index (χ2n) is 4.15. The van der Waals surface area contributed by atoms with E-state index in [1.165, 1.54) is 4.90 Å². The maximum Gasteiger partial charge on any atom is 0.260 e. The van der Waals surface area contributed by atoms with Gasteiger partial charge in [0, 0.05) is 11.6 Å². The van der Waals surface area contributed by atoms with Gasteiger partial charge >= 0.3 is 0 Å². The number of hydrogen-bond donors (Lipinski definition) is 2. The average molecular weight is 300 g/mol. The minimum absolute atomic E-state index is 0.0155. The first-order valence-electron chi connectivity index (χ1n) is 6.19. The maximum atomic E-state index is 12.0. The van der Waals surface area contributed by atoms with Gasteiger partial charge in [0.15, 0.2) is 12.4 Å². The second-order valence-corrected chi connectivity index (χ2v) is 4.59. The van der Waals surface area contributed by atoms with E-state index < -0.39 is 0 Å². The lowest BCUT2D eigenvalue weighted by atomic mass is 10.3. The summed E-state index contributed by atoms with van der Waals surface area (Å²) >= 11 is 5.76. The lowest BCUT2D eigenvalue weighted by molar-refractivity contribution is -0.132. The number of carbonyl (C=O) groups is 1. The SMILES string of the molecule is CCCN(CC(N)=NO)C(=O)COc1ccc(Cl)cc1. The quantitative estimate of drug-likeness (QED) is 0.347. The van der Waals surface area contributed by atoms with Crippen LogP contribution in [0.4, 0.5) is 0 Å². The predicted molar refractivity (Wildman–Crippen MR) is 77.2 cm³/mol. The predicted octanol–water partition coefficient (Wildman–Crippen LogP) is 1.70. The van der Waals surface area contributed by atoms with Crippen molar-refractivity contribution in [2.75, 3.05) is 19.7 Å². The highest BCUT2D eigenvalue weighted by Gasteiger charge is 2.15. The Hall–Kier alpha value is -1.95. The standard InChI is InChI=1S/C13H18ClN3O3/c1-2-7-17(8-12(15)16-19)13(18)9-20-11-5-3-10(14)4-6-11/h3-6,19H,2,7-9H2,1H3,(H2,15,16). The lowest BCUT2D eigenvalue weighted by Crippen LogP contribution is -2.41. The Balaban J connectivity index is 2.55. The Labute approximate surface area is 122 Å². The molecule has 0 saturated heterocycles. The van der Waals surface area contributed by atoms with Crippen molar-refractivity contribution in [1.82, 2.24) is 4.90 Å². The number of oxime groups is 1. The summed E-state index contributed by atoms with van der Waals surface area (Å²) in [4.78, 5) is 13.5. The summed E-state index contributed by atoms with van der Waals surface area (Å²) < 4.78 is 5.37. The number of nitrogens with zero attached hydrogens (tertiary/aromatic N) is 2. The first-order valence-corrected chi connectivity index (χ1v) is 6.57. The molecule has 0 atom stereocenters. The molecule has 0 spiro atoms. The van der Waals surface area contributed by atoms with E-state index in [2.05, 4.69) is 5.16 Å². The van der Waals surface area contributed by atoms with Crippen molar-refractivity contribution >= 4 is 23.3 Å². The van der Waals surface area contributed by atoms with Crippen molar-refractivity contribution in [3.8, 4) is 5.75 Å². The van der Waals surface area contributed by atoms with Gasteiger partial charge in [0.25, 0.3) is 5.91 Å². The molecule has 0 radical (unpaired) electrons. The summed E-state index contributed by atoms with van der Waals surface area (Å²) in [5, 5.41) is 12.0. The Morgan fingerprint density at radius 2 is 2.10 bits per heavy atom. The summed E-state index contributed by atoms with van der Waals surface area (Å²) in [5.74, 6) is 0.315. The molecular formula is C13H18ClN3O3. The topological polar surface area (TPSA) is 88.1 Å². The van der Waals surface area contributed by atoms with Gasteiger partial charge in [-0.3, -0.25) is 4.79 Å². The second kappa shape index (κ2) is 8.27. The van der Waals surface area contributed by atoms with Gasteiger partial charge in [0.05, 0.1) is 6.54 Å². The van der Waals surface area contributed by atoms with Crippen LogP contribution in [0.5, 0.6) is 5.75 Å². The molecule has 1 aromatic rings. The largest absolute Gasteiger partial charge is 0.484 e. The van der Waals surface area contributed by atoms with Crippen LogP contribution in [0.25, 0.3) is 0 Å². The number of amides is 1. The number of benzene rings is 1. The molecular weight excluding hydrogens is 282 g/mol. The fourth-order valence-corrected chi connectivity index (χ4v) is 1.68. The van der Waals surface area contributed by atoms with E-state index >= 15 is 0 Å². The molecule has 1 aromatic carbocycles. The minimum atomic E-state index is -0.228. The van der Waals surface area contributed by atoms with Gasteiger partial charge in [-0.05, 0) is 30.7 Å². The molecule has 0 heterocycles. The van der Waals surface area contributed by atoms with Crippen LogP contribution in [0.15, 0.2) is 29.4 Å². The van der Waals surface area contributed by atoms with Gasteiger partial charge in [-0.15, -0.1) is 0 Å². The zero-order chi connectivity index (χ0) is 15.0. The molecule has 0 aromatic heterocycles. The van der Waals surface area contributed by atoms with Crippen molar-refractivity contribution in [2.24, 2.45) is 10.9 Å². The number of hydrogen-bond acceptors (Lipinski definition) is 4. The van der Waals surface area contributed by atoms with Crippen LogP contribution in [0, 0.1) is 0 Å². The van der Waals surface area contributed by atoms with Gasteiger partial charge in [-0.2, -0.15) is 0 Å². The summed E-state index contributed by atoms with van der Waals surface area (Å²) in [6, 6.07) is 6.73.